The van der Waals surface area contributed by atoms with Crippen LogP contribution in [0.3, 0.4) is 0 Å². The maximum atomic E-state index is 13.1. The van der Waals surface area contributed by atoms with Crippen LogP contribution in [0.5, 0.6) is 0 Å². The summed E-state index contributed by atoms with van der Waals surface area (Å²) in [6.07, 6.45) is 1.71. The monoisotopic (exact) mass is 525 g/mol. The molecule has 2 N–H and O–H groups in total. The molecular formula is C25H36ClN3O5S. The Morgan fingerprint density at radius 2 is 1.83 bits per heavy atom. The second kappa shape index (κ2) is 13.2. The molecule has 0 aromatic heterocycles. The molecule has 8 nitrogen and oxygen atoms in total. The van der Waals surface area contributed by atoms with Gasteiger partial charge in [-0.3, -0.25) is 14.4 Å². The van der Waals surface area contributed by atoms with Crippen molar-refractivity contribution in [2.24, 2.45) is 0 Å². The van der Waals surface area contributed by atoms with E-state index < -0.39 is 29.8 Å². The number of nitrogens with one attached hydrogen (secondary N) is 2. The van der Waals surface area contributed by atoms with Gasteiger partial charge in [-0.25, -0.2) is 4.79 Å². The molecule has 0 spiro atoms. The molecule has 194 valence electrons. The van der Waals surface area contributed by atoms with Crippen LogP contribution in [0.1, 0.15) is 65.9 Å². The third kappa shape index (κ3) is 9.37. The highest BCUT2D eigenvalue weighted by atomic mass is 35.5. The number of carbonyl (C=O) groups is 4. The molecule has 1 aromatic carbocycles. The lowest BCUT2D eigenvalue weighted by Crippen LogP contribution is -2.54. The van der Waals surface area contributed by atoms with Crippen molar-refractivity contribution >= 4 is 46.4 Å². The van der Waals surface area contributed by atoms with Crippen LogP contribution in [-0.4, -0.2) is 58.2 Å². The van der Waals surface area contributed by atoms with Crippen LogP contribution in [-0.2, 0) is 24.9 Å². The van der Waals surface area contributed by atoms with Gasteiger partial charge in [-0.05, 0) is 64.7 Å². The van der Waals surface area contributed by atoms with Gasteiger partial charge in [0.15, 0.2) is 0 Å². The number of thioether (sulfide) groups is 1. The quantitative estimate of drug-likeness (QED) is 0.498. The summed E-state index contributed by atoms with van der Waals surface area (Å²) >= 11 is 7.07. The summed E-state index contributed by atoms with van der Waals surface area (Å²) < 4.78 is 5.22. The van der Waals surface area contributed by atoms with Gasteiger partial charge in [-0.1, -0.05) is 48.8 Å². The van der Waals surface area contributed by atoms with Crippen LogP contribution in [0, 0.1) is 0 Å². The number of carbonyl (C=O) groups excluding carboxylic acids is 4. The van der Waals surface area contributed by atoms with E-state index in [-0.39, 0.29) is 16.9 Å². The molecule has 2 rings (SSSR count). The van der Waals surface area contributed by atoms with Gasteiger partial charge in [-0.2, -0.15) is 0 Å². The van der Waals surface area contributed by atoms with E-state index in [9.17, 15) is 19.2 Å². The maximum absolute atomic E-state index is 13.1. The Hall–Kier alpha value is -2.26. The minimum absolute atomic E-state index is 0.119. The fourth-order valence-corrected chi connectivity index (χ4v) is 4.74. The van der Waals surface area contributed by atoms with Crippen LogP contribution < -0.4 is 10.6 Å². The highest BCUT2D eigenvalue weighted by Crippen LogP contribution is 2.22. The third-order valence-corrected chi connectivity index (χ3v) is 6.71. The van der Waals surface area contributed by atoms with Crippen molar-refractivity contribution in [1.29, 1.82) is 0 Å². The molecule has 1 saturated heterocycles. The number of ether oxygens (including phenoxy) is 1. The molecule has 0 aliphatic carbocycles. The van der Waals surface area contributed by atoms with Crippen LogP contribution in [0.4, 0.5) is 4.79 Å². The number of amides is 3. The van der Waals surface area contributed by atoms with Crippen molar-refractivity contribution in [2.45, 2.75) is 89.8 Å². The Morgan fingerprint density at radius 3 is 2.43 bits per heavy atom. The first kappa shape index (κ1) is 29.0. The maximum Gasteiger partial charge on any atom is 0.408 e. The van der Waals surface area contributed by atoms with Crippen molar-refractivity contribution in [3.05, 3.63) is 34.9 Å². The zero-order valence-corrected chi connectivity index (χ0v) is 22.6. The topological polar surface area (TPSA) is 105 Å². The van der Waals surface area contributed by atoms with E-state index in [1.807, 2.05) is 19.1 Å². The summed E-state index contributed by atoms with van der Waals surface area (Å²) in [5.74, 6) is -0.225. The van der Waals surface area contributed by atoms with Crippen LogP contribution >= 0.6 is 23.4 Å². The normalized spacial score (nSPS) is 17.4. The number of rotatable bonds is 9. The first-order valence-corrected chi connectivity index (χ1v) is 13.3. The Labute approximate surface area is 216 Å². The third-order valence-electron chi connectivity index (χ3n) is 5.41. The van der Waals surface area contributed by atoms with Crippen molar-refractivity contribution in [3.8, 4) is 0 Å². The average Bonchev–Trinajstić information content (AvgIpc) is 3.26. The minimum atomic E-state index is -0.846. The summed E-state index contributed by atoms with van der Waals surface area (Å²) in [5, 5.41) is 5.91. The summed E-state index contributed by atoms with van der Waals surface area (Å²) in [6, 6.07) is 5.12. The van der Waals surface area contributed by atoms with Crippen molar-refractivity contribution < 1.29 is 23.9 Å². The van der Waals surface area contributed by atoms with E-state index >= 15 is 0 Å². The number of halogens is 1. The number of hydrogen-bond acceptors (Lipinski definition) is 6. The lowest BCUT2D eigenvalue weighted by molar-refractivity contribution is -0.140. The fourth-order valence-electron chi connectivity index (χ4n) is 3.74. The van der Waals surface area contributed by atoms with Crippen LogP contribution in [0.15, 0.2) is 24.3 Å². The second-order valence-electron chi connectivity index (χ2n) is 9.64. The van der Waals surface area contributed by atoms with E-state index in [0.717, 1.165) is 23.7 Å². The molecule has 1 heterocycles. The molecule has 35 heavy (non-hydrogen) atoms. The van der Waals surface area contributed by atoms with E-state index in [2.05, 4.69) is 10.6 Å². The SMILES string of the molecule is CCC[C@H](NC(=O)[C@@H]1CCCN1C(=O)[C@@H](C)NC(=O)OC(C)(C)C)C(=O)SCc1ccc(Cl)cc1. The Balaban J connectivity index is 1.96. The zero-order valence-electron chi connectivity index (χ0n) is 21.1. The largest absolute Gasteiger partial charge is 0.444 e. The molecule has 1 aliphatic heterocycles. The molecule has 0 saturated carbocycles. The number of alkyl carbamates (subject to hydrolysis) is 1. The molecule has 0 bridgehead atoms. The summed E-state index contributed by atoms with van der Waals surface area (Å²) in [7, 11) is 0. The number of benzene rings is 1. The first-order valence-electron chi connectivity index (χ1n) is 11.9. The molecule has 3 amide bonds. The summed E-state index contributed by atoms with van der Waals surface area (Å²) in [4.78, 5) is 52.5. The standard InChI is InChI=1S/C25H36ClN3O5S/c1-6-8-19(23(32)35-15-17-10-12-18(26)13-11-17)28-21(30)20-9-7-14-29(20)22(31)16(2)27-24(33)34-25(3,4)5/h10-13,16,19-20H,6-9,14-15H2,1-5H3,(H,27,33)(H,28,30)/t16-,19+,20+/m1/s1. The Morgan fingerprint density at radius 1 is 1.17 bits per heavy atom. The second-order valence-corrected chi connectivity index (χ2v) is 11.1. The Bertz CT molecular complexity index is 903. The van der Waals surface area contributed by atoms with Gasteiger partial charge in [0.2, 0.25) is 16.9 Å². The predicted molar refractivity (Wildman–Crippen MR) is 138 cm³/mol. The lowest BCUT2D eigenvalue weighted by Gasteiger charge is -2.29. The van der Waals surface area contributed by atoms with E-state index in [1.165, 1.54) is 4.90 Å². The van der Waals surface area contributed by atoms with Gasteiger partial charge in [0.25, 0.3) is 0 Å². The molecule has 1 aliphatic rings. The zero-order chi connectivity index (χ0) is 26.2. The highest BCUT2D eigenvalue weighted by molar-refractivity contribution is 8.13. The van der Waals surface area contributed by atoms with Crippen LogP contribution in [0.25, 0.3) is 0 Å². The van der Waals surface area contributed by atoms with Crippen molar-refractivity contribution in [2.75, 3.05) is 6.54 Å². The van der Waals surface area contributed by atoms with E-state index in [0.29, 0.717) is 36.6 Å². The molecule has 1 fully saturated rings. The average molecular weight is 526 g/mol. The first-order chi connectivity index (χ1) is 16.4. The lowest BCUT2D eigenvalue weighted by atomic mass is 10.1. The van der Waals surface area contributed by atoms with Crippen LogP contribution in [0.2, 0.25) is 5.02 Å². The highest BCUT2D eigenvalue weighted by Gasteiger charge is 2.38. The minimum Gasteiger partial charge on any atom is -0.444 e. The van der Waals surface area contributed by atoms with E-state index in [4.69, 9.17) is 16.3 Å². The Kier molecular flexibility index (Phi) is 10.9. The number of nitrogens with zero attached hydrogens (tertiary/aromatic N) is 1. The molecular weight excluding hydrogens is 490 g/mol. The van der Waals surface area contributed by atoms with Gasteiger partial charge < -0.3 is 20.3 Å². The predicted octanol–water partition coefficient (Wildman–Crippen LogP) is 4.29. The van der Waals surface area contributed by atoms with Crippen molar-refractivity contribution in [1.82, 2.24) is 15.5 Å². The van der Waals surface area contributed by atoms with Crippen molar-refractivity contribution in [3.63, 3.8) is 0 Å². The number of likely N-dealkylation sites (tertiary alicyclic amines) is 1. The van der Waals surface area contributed by atoms with Gasteiger partial charge in [0.05, 0.1) is 6.04 Å². The molecule has 0 unspecified atom stereocenters. The van der Waals surface area contributed by atoms with Gasteiger partial charge in [0, 0.05) is 17.3 Å². The van der Waals surface area contributed by atoms with Gasteiger partial charge in [0.1, 0.15) is 17.7 Å². The van der Waals surface area contributed by atoms with Gasteiger partial charge >= 0.3 is 6.09 Å². The number of hydrogen-bond donors (Lipinski definition) is 2. The summed E-state index contributed by atoms with van der Waals surface area (Å²) in [5.41, 5.74) is 0.281. The molecule has 10 heteroatoms. The fraction of sp³-hybridized carbons (Fsp3) is 0.600. The van der Waals surface area contributed by atoms with Gasteiger partial charge in [-0.15, -0.1) is 0 Å². The smallest absolute Gasteiger partial charge is 0.408 e. The van der Waals surface area contributed by atoms with E-state index in [1.54, 1.807) is 39.8 Å². The molecule has 3 atom stereocenters. The molecule has 1 aromatic rings. The molecule has 0 radical (unpaired) electrons. The summed E-state index contributed by atoms with van der Waals surface area (Å²) in [6.45, 7) is 9.14.